The summed E-state index contributed by atoms with van der Waals surface area (Å²) in [5.74, 6) is -0.211. The highest BCUT2D eigenvalue weighted by Gasteiger charge is 2.20. The van der Waals surface area contributed by atoms with Crippen LogP contribution in [-0.4, -0.2) is 41.3 Å². The van der Waals surface area contributed by atoms with Gasteiger partial charge >= 0.3 is 0 Å². The summed E-state index contributed by atoms with van der Waals surface area (Å²) in [5.41, 5.74) is 1.25. The van der Waals surface area contributed by atoms with E-state index < -0.39 is 0 Å². The molecule has 2 aromatic rings. The highest BCUT2D eigenvalue weighted by Crippen LogP contribution is 2.22. The molecule has 1 aliphatic rings. The first-order valence-electron chi connectivity index (χ1n) is 7.08. The molecule has 1 aliphatic heterocycles. The Morgan fingerprint density at radius 3 is 2.77 bits per heavy atom. The number of nitrogens with one attached hydrogen (secondary N) is 1. The van der Waals surface area contributed by atoms with E-state index in [1.807, 2.05) is 11.0 Å². The molecule has 0 spiro atoms. The summed E-state index contributed by atoms with van der Waals surface area (Å²) in [4.78, 5) is 15.8. The van der Waals surface area contributed by atoms with Gasteiger partial charge < -0.3 is 4.90 Å². The monoisotopic (exact) mass is 322 g/mol. The van der Waals surface area contributed by atoms with Gasteiger partial charge in [0.2, 0.25) is 0 Å². The van der Waals surface area contributed by atoms with E-state index in [0.717, 1.165) is 31.7 Å². The predicted molar refractivity (Wildman–Crippen MR) is 83.8 cm³/mol. The quantitative estimate of drug-likeness (QED) is 0.937. The van der Waals surface area contributed by atoms with Crippen molar-refractivity contribution in [2.24, 2.45) is 0 Å². The molecular weight excluding hydrogens is 307 g/mol. The van der Waals surface area contributed by atoms with E-state index in [1.54, 1.807) is 18.3 Å². The van der Waals surface area contributed by atoms with Crippen molar-refractivity contribution in [3.8, 4) is 0 Å². The first-order valence-corrected chi connectivity index (χ1v) is 7.46. The zero-order valence-electron chi connectivity index (χ0n) is 11.9. The minimum absolute atomic E-state index is 0.175. The fourth-order valence-corrected chi connectivity index (χ4v) is 2.85. The van der Waals surface area contributed by atoms with Gasteiger partial charge in [0, 0.05) is 32.7 Å². The Balaban J connectivity index is 1.63. The van der Waals surface area contributed by atoms with Crippen LogP contribution in [0.4, 0.5) is 10.1 Å². The lowest BCUT2D eigenvalue weighted by Gasteiger charge is -2.36. The topological polar surface area (TPSA) is 52.2 Å². The Morgan fingerprint density at radius 2 is 2.05 bits per heavy atom. The number of halogens is 2. The number of anilines is 1. The highest BCUT2D eigenvalue weighted by molar-refractivity contribution is 6.32. The lowest BCUT2D eigenvalue weighted by molar-refractivity contribution is 0.249. The maximum Gasteiger partial charge on any atom is 0.285 e. The Bertz CT molecular complexity index is 713. The number of rotatable bonds is 3. The van der Waals surface area contributed by atoms with Crippen LogP contribution in [0.2, 0.25) is 5.02 Å². The molecule has 1 aromatic heterocycles. The molecule has 0 aliphatic carbocycles. The van der Waals surface area contributed by atoms with E-state index in [1.165, 1.54) is 6.07 Å². The van der Waals surface area contributed by atoms with Gasteiger partial charge in [0.05, 0.1) is 11.9 Å². The number of aromatic nitrogens is 2. The molecule has 7 heteroatoms. The van der Waals surface area contributed by atoms with Crippen LogP contribution in [0.15, 0.2) is 35.3 Å². The van der Waals surface area contributed by atoms with Crippen LogP contribution < -0.4 is 10.5 Å². The Labute approximate surface area is 132 Å². The molecule has 0 atom stereocenters. The third kappa shape index (κ3) is 3.28. The molecular formula is C15H16ClFN4O. The second-order valence-corrected chi connectivity index (χ2v) is 5.67. The molecule has 0 radical (unpaired) electrons. The van der Waals surface area contributed by atoms with Gasteiger partial charge in [-0.3, -0.25) is 9.69 Å². The molecule has 1 saturated heterocycles. The molecule has 2 heterocycles. The van der Waals surface area contributed by atoms with Crippen molar-refractivity contribution in [2.75, 3.05) is 31.1 Å². The number of H-pyrrole nitrogens is 1. The van der Waals surface area contributed by atoms with Crippen LogP contribution in [0.1, 0.15) is 5.56 Å². The molecule has 1 N–H and O–H groups in total. The molecule has 1 aromatic carbocycles. The molecule has 1 fully saturated rings. The normalized spacial score (nSPS) is 16.0. The van der Waals surface area contributed by atoms with Crippen molar-refractivity contribution in [3.05, 3.63) is 57.2 Å². The van der Waals surface area contributed by atoms with E-state index >= 15 is 0 Å². The lowest BCUT2D eigenvalue weighted by Crippen LogP contribution is -2.46. The van der Waals surface area contributed by atoms with Gasteiger partial charge in [0.15, 0.2) is 0 Å². The largest absolute Gasteiger partial charge is 0.366 e. The summed E-state index contributed by atoms with van der Waals surface area (Å²) in [7, 11) is 0. The standard InChI is InChI=1S/C15H16ClFN4O/c16-14-13(9-18-19-15(14)22)21-6-4-20(5-7-21)10-11-2-1-3-12(17)8-11/h1-3,8-9H,4-7,10H2,(H,19,22). The first kappa shape index (κ1) is 15.0. The summed E-state index contributed by atoms with van der Waals surface area (Å²) in [6, 6.07) is 6.66. The second kappa shape index (κ2) is 6.46. The predicted octanol–water partition coefficient (Wildman–Crippen LogP) is 1.88. The second-order valence-electron chi connectivity index (χ2n) is 5.29. The van der Waals surface area contributed by atoms with Crippen molar-refractivity contribution < 1.29 is 4.39 Å². The van der Waals surface area contributed by atoms with Gasteiger partial charge in [-0.2, -0.15) is 5.10 Å². The molecule has 0 bridgehead atoms. The number of benzene rings is 1. The van der Waals surface area contributed by atoms with E-state index in [2.05, 4.69) is 15.1 Å². The van der Waals surface area contributed by atoms with Gasteiger partial charge in [-0.25, -0.2) is 9.49 Å². The van der Waals surface area contributed by atoms with Crippen LogP contribution in [-0.2, 0) is 6.54 Å². The van der Waals surface area contributed by atoms with E-state index in [0.29, 0.717) is 12.2 Å². The summed E-state index contributed by atoms with van der Waals surface area (Å²) in [6.07, 6.45) is 1.58. The summed E-state index contributed by atoms with van der Waals surface area (Å²) < 4.78 is 13.2. The van der Waals surface area contributed by atoms with Gasteiger partial charge in [-0.15, -0.1) is 0 Å². The van der Waals surface area contributed by atoms with Crippen molar-refractivity contribution in [2.45, 2.75) is 6.54 Å². The number of nitrogens with zero attached hydrogens (tertiary/aromatic N) is 3. The molecule has 3 rings (SSSR count). The number of hydrogen-bond acceptors (Lipinski definition) is 4. The minimum atomic E-state index is -0.374. The fraction of sp³-hybridized carbons (Fsp3) is 0.333. The van der Waals surface area contributed by atoms with Gasteiger partial charge in [-0.1, -0.05) is 23.7 Å². The van der Waals surface area contributed by atoms with Crippen LogP contribution >= 0.6 is 11.6 Å². The Morgan fingerprint density at radius 1 is 1.27 bits per heavy atom. The summed E-state index contributed by atoms with van der Waals surface area (Å²) >= 11 is 6.03. The lowest BCUT2D eigenvalue weighted by atomic mass is 10.2. The Hall–Kier alpha value is -1.92. The maximum atomic E-state index is 13.2. The Kier molecular flexibility index (Phi) is 4.40. The van der Waals surface area contributed by atoms with Crippen molar-refractivity contribution in [3.63, 3.8) is 0 Å². The van der Waals surface area contributed by atoms with Crippen molar-refractivity contribution in [1.29, 1.82) is 0 Å². The van der Waals surface area contributed by atoms with Crippen LogP contribution in [0.3, 0.4) is 0 Å². The maximum absolute atomic E-state index is 13.2. The third-order valence-electron chi connectivity index (χ3n) is 3.79. The molecule has 0 saturated carbocycles. The summed E-state index contributed by atoms with van der Waals surface area (Å²) in [6.45, 7) is 3.85. The van der Waals surface area contributed by atoms with Crippen molar-refractivity contribution in [1.82, 2.24) is 15.1 Å². The van der Waals surface area contributed by atoms with Crippen LogP contribution in [0.25, 0.3) is 0 Å². The highest BCUT2D eigenvalue weighted by atomic mass is 35.5. The van der Waals surface area contributed by atoms with Gasteiger partial charge in [0.25, 0.3) is 5.56 Å². The SMILES string of the molecule is O=c1[nH]ncc(N2CCN(Cc3cccc(F)c3)CC2)c1Cl. The van der Waals surface area contributed by atoms with Crippen molar-refractivity contribution >= 4 is 17.3 Å². The van der Waals surface area contributed by atoms with Crippen LogP contribution in [0, 0.1) is 5.82 Å². The number of aromatic amines is 1. The number of hydrogen-bond donors (Lipinski definition) is 1. The average molecular weight is 323 g/mol. The average Bonchev–Trinajstić information content (AvgIpc) is 2.51. The molecule has 0 amide bonds. The molecule has 116 valence electrons. The minimum Gasteiger partial charge on any atom is -0.366 e. The fourth-order valence-electron chi connectivity index (χ4n) is 2.63. The third-order valence-corrected chi connectivity index (χ3v) is 4.15. The molecule has 5 nitrogen and oxygen atoms in total. The zero-order chi connectivity index (χ0) is 15.5. The molecule has 0 unspecified atom stereocenters. The van der Waals surface area contributed by atoms with E-state index in [-0.39, 0.29) is 16.4 Å². The van der Waals surface area contributed by atoms with Gasteiger partial charge in [-0.05, 0) is 17.7 Å². The molecule has 22 heavy (non-hydrogen) atoms. The zero-order valence-corrected chi connectivity index (χ0v) is 12.7. The van der Waals surface area contributed by atoms with Gasteiger partial charge in [0.1, 0.15) is 10.8 Å². The van der Waals surface area contributed by atoms with Crippen LogP contribution in [0.5, 0.6) is 0 Å². The van der Waals surface area contributed by atoms with E-state index in [9.17, 15) is 9.18 Å². The first-order chi connectivity index (χ1) is 10.6. The van der Waals surface area contributed by atoms with E-state index in [4.69, 9.17) is 11.6 Å². The number of piperazine rings is 1. The summed E-state index contributed by atoms with van der Waals surface area (Å²) in [5, 5.41) is 6.29. The smallest absolute Gasteiger partial charge is 0.285 e.